The topological polar surface area (TPSA) is 113 Å². The Balaban J connectivity index is 1.73. The Hall–Kier alpha value is -2.57. The van der Waals surface area contributed by atoms with Crippen LogP contribution in [0.15, 0.2) is 65.6 Å². The van der Waals surface area contributed by atoms with E-state index >= 15 is 0 Å². The van der Waals surface area contributed by atoms with Gasteiger partial charge in [-0.3, -0.25) is 13.8 Å². The highest BCUT2D eigenvalue weighted by atomic mass is 35.5. The molecule has 1 amide bonds. The van der Waals surface area contributed by atoms with Crippen LogP contribution in [-0.4, -0.2) is 35.5 Å². The summed E-state index contributed by atoms with van der Waals surface area (Å²) in [5.41, 5.74) is 0.349. The summed E-state index contributed by atoms with van der Waals surface area (Å²) in [4.78, 5) is 12.4. The normalized spacial score (nSPS) is 11.7. The fourth-order valence-corrected chi connectivity index (χ4v) is 5.48. The summed E-state index contributed by atoms with van der Waals surface area (Å²) in [6.07, 6.45) is 0.886. The van der Waals surface area contributed by atoms with Gasteiger partial charge in [-0.15, -0.1) is 0 Å². The maximum absolute atomic E-state index is 13.4. The van der Waals surface area contributed by atoms with E-state index in [4.69, 9.17) is 34.8 Å². The predicted molar refractivity (Wildman–Crippen MR) is 136 cm³/mol. The Labute approximate surface area is 216 Å². The van der Waals surface area contributed by atoms with Crippen LogP contribution < -0.4 is 14.3 Å². The van der Waals surface area contributed by atoms with Crippen LogP contribution in [0.1, 0.15) is 0 Å². The van der Waals surface area contributed by atoms with Gasteiger partial charge in [0, 0.05) is 10.7 Å². The molecule has 0 aliphatic carbocycles. The smallest absolute Gasteiger partial charge is 0.261 e. The predicted octanol–water partition coefficient (Wildman–Crippen LogP) is 4.99. The van der Waals surface area contributed by atoms with Gasteiger partial charge in [-0.1, -0.05) is 34.8 Å². The zero-order chi connectivity index (χ0) is 26.0. The molecule has 0 aromatic heterocycles. The van der Waals surface area contributed by atoms with Crippen LogP contribution in [0.5, 0.6) is 0 Å². The van der Waals surface area contributed by atoms with Crippen molar-refractivity contribution >= 4 is 77.8 Å². The fourth-order valence-electron chi connectivity index (χ4n) is 2.86. The van der Waals surface area contributed by atoms with E-state index in [0.29, 0.717) is 5.02 Å². The van der Waals surface area contributed by atoms with Crippen molar-refractivity contribution in [3.05, 3.63) is 81.5 Å². The lowest BCUT2D eigenvalue weighted by molar-refractivity contribution is -0.114. The van der Waals surface area contributed by atoms with Gasteiger partial charge in [-0.05, 0) is 60.7 Å². The van der Waals surface area contributed by atoms with Gasteiger partial charge in [-0.2, -0.15) is 0 Å². The molecular weight excluding hydrogens is 564 g/mol. The van der Waals surface area contributed by atoms with Crippen LogP contribution in [0.4, 0.5) is 21.5 Å². The number of nitrogens with zero attached hydrogens (tertiary/aromatic N) is 1. The van der Waals surface area contributed by atoms with Crippen molar-refractivity contribution in [2.24, 2.45) is 0 Å². The third kappa shape index (κ3) is 6.98. The van der Waals surface area contributed by atoms with Crippen LogP contribution >= 0.6 is 34.8 Å². The van der Waals surface area contributed by atoms with Gasteiger partial charge in [0.2, 0.25) is 15.9 Å². The molecule has 3 rings (SSSR count). The summed E-state index contributed by atoms with van der Waals surface area (Å²) < 4.78 is 66.2. The highest BCUT2D eigenvalue weighted by Crippen LogP contribution is 2.28. The second-order valence-electron chi connectivity index (χ2n) is 7.17. The number of hydrogen-bond donors (Lipinski definition) is 2. The van der Waals surface area contributed by atoms with Crippen molar-refractivity contribution < 1.29 is 26.0 Å². The number of nitrogens with one attached hydrogen (secondary N) is 2. The van der Waals surface area contributed by atoms with Crippen molar-refractivity contribution in [2.45, 2.75) is 4.90 Å². The van der Waals surface area contributed by atoms with Crippen molar-refractivity contribution in [3.63, 3.8) is 0 Å². The van der Waals surface area contributed by atoms with E-state index in [0.717, 1.165) is 22.7 Å². The lowest BCUT2D eigenvalue weighted by Crippen LogP contribution is -2.37. The number of rotatable bonds is 8. The molecular formula is C21H17Cl3FN3O5S2. The third-order valence-corrected chi connectivity index (χ3v) is 7.86. The molecule has 186 valence electrons. The number of hydrogen-bond acceptors (Lipinski definition) is 5. The Kier molecular flexibility index (Phi) is 8.17. The van der Waals surface area contributed by atoms with Crippen LogP contribution in [0.2, 0.25) is 15.1 Å². The molecule has 3 aromatic rings. The second kappa shape index (κ2) is 10.6. The van der Waals surface area contributed by atoms with E-state index in [2.05, 4.69) is 10.0 Å². The molecule has 0 unspecified atom stereocenters. The van der Waals surface area contributed by atoms with Crippen LogP contribution in [0.3, 0.4) is 0 Å². The maximum atomic E-state index is 13.4. The first-order valence-electron chi connectivity index (χ1n) is 9.57. The number of anilines is 3. The number of halogens is 4. The van der Waals surface area contributed by atoms with E-state index in [1.54, 1.807) is 0 Å². The molecule has 0 atom stereocenters. The van der Waals surface area contributed by atoms with E-state index in [9.17, 15) is 26.0 Å². The van der Waals surface area contributed by atoms with Gasteiger partial charge in [0.05, 0.1) is 32.6 Å². The molecule has 35 heavy (non-hydrogen) atoms. The molecule has 0 radical (unpaired) electrons. The average Bonchev–Trinajstić information content (AvgIpc) is 2.76. The SMILES string of the molecule is CS(=O)(=O)N(CC(=O)Nc1ccc(S(=O)(=O)Nc2ccc(Cl)cc2Cl)cc1)c1ccc(F)c(Cl)c1. The average molecular weight is 581 g/mol. The zero-order valence-electron chi connectivity index (χ0n) is 17.8. The summed E-state index contributed by atoms with van der Waals surface area (Å²) in [5.74, 6) is -1.46. The first-order chi connectivity index (χ1) is 16.3. The third-order valence-electron chi connectivity index (χ3n) is 4.50. The minimum absolute atomic E-state index is 0.00225. The molecule has 3 aromatic carbocycles. The molecule has 0 aliphatic rings. The van der Waals surface area contributed by atoms with E-state index in [1.807, 2.05) is 0 Å². The van der Waals surface area contributed by atoms with Crippen LogP contribution in [0, 0.1) is 5.82 Å². The standard InChI is InChI=1S/C21H17Cl3FN3O5S2/c1-34(30,31)28(15-5-8-19(25)17(23)11-15)12-21(29)26-14-3-6-16(7-4-14)35(32,33)27-20-9-2-13(22)10-18(20)24/h2-11,27H,12H2,1H3,(H,26,29). The monoisotopic (exact) mass is 579 g/mol. The molecule has 0 aliphatic heterocycles. The van der Waals surface area contributed by atoms with Crippen LogP contribution in [0.25, 0.3) is 0 Å². The van der Waals surface area contributed by atoms with Gasteiger partial charge < -0.3 is 5.32 Å². The molecule has 0 heterocycles. The number of carbonyl (C=O) groups excluding carboxylic acids is 1. The molecule has 14 heteroatoms. The first-order valence-corrected chi connectivity index (χ1v) is 14.0. The highest BCUT2D eigenvalue weighted by Gasteiger charge is 2.22. The molecule has 2 N–H and O–H groups in total. The maximum Gasteiger partial charge on any atom is 0.261 e. The Morgan fingerprint density at radius 1 is 0.914 bits per heavy atom. The summed E-state index contributed by atoms with van der Waals surface area (Å²) in [6, 6.07) is 12.7. The van der Waals surface area contributed by atoms with E-state index in [1.165, 1.54) is 48.5 Å². The summed E-state index contributed by atoms with van der Waals surface area (Å²) in [6.45, 7) is -0.628. The fraction of sp³-hybridized carbons (Fsp3) is 0.0952. The van der Waals surface area contributed by atoms with Gasteiger partial charge >= 0.3 is 0 Å². The van der Waals surface area contributed by atoms with Gasteiger partial charge in [0.15, 0.2) is 0 Å². The minimum Gasteiger partial charge on any atom is -0.325 e. The quantitative estimate of drug-likeness (QED) is 0.390. The number of benzene rings is 3. The summed E-state index contributed by atoms with van der Waals surface area (Å²) >= 11 is 17.6. The molecule has 0 saturated carbocycles. The minimum atomic E-state index is -4.00. The highest BCUT2D eigenvalue weighted by molar-refractivity contribution is 7.92. The second-order valence-corrected chi connectivity index (χ2v) is 12.0. The molecule has 0 saturated heterocycles. The van der Waals surface area contributed by atoms with Gasteiger partial charge in [-0.25, -0.2) is 21.2 Å². The van der Waals surface area contributed by atoms with E-state index in [-0.39, 0.29) is 32.0 Å². The van der Waals surface area contributed by atoms with Crippen LogP contribution in [-0.2, 0) is 24.8 Å². The number of carbonyl (C=O) groups is 1. The zero-order valence-corrected chi connectivity index (χ0v) is 21.7. The molecule has 0 fully saturated rings. The number of amides is 1. The largest absolute Gasteiger partial charge is 0.325 e. The lowest BCUT2D eigenvalue weighted by atomic mass is 10.3. The Bertz CT molecular complexity index is 1480. The lowest BCUT2D eigenvalue weighted by Gasteiger charge is -2.22. The first kappa shape index (κ1) is 27.0. The van der Waals surface area contributed by atoms with Crippen molar-refractivity contribution in [1.29, 1.82) is 0 Å². The number of sulfonamides is 2. The van der Waals surface area contributed by atoms with Crippen molar-refractivity contribution in [2.75, 3.05) is 27.1 Å². The molecule has 8 nitrogen and oxygen atoms in total. The Morgan fingerprint density at radius 3 is 2.14 bits per heavy atom. The summed E-state index contributed by atoms with van der Waals surface area (Å²) in [5, 5.41) is 2.63. The molecule has 0 bridgehead atoms. The summed E-state index contributed by atoms with van der Waals surface area (Å²) in [7, 11) is -7.91. The van der Waals surface area contributed by atoms with Crippen molar-refractivity contribution in [1.82, 2.24) is 0 Å². The Morgan fingerprint density at radius 2 is 1.57 bits per heavy atom. The van der Waals surface area contributed by atoms with Crippen molar-refractivity contribution in [3.8, 4) is 0 Å². The van der Waals surface area contributed by atoms with Gasteiger partial charge in [0.25, 0.3) is 10.0 Å². The molecule has 0 spiro atoms. The van der Waals surface area contributed by atoms with E-state index < -0.39 is 38.3 Å². The van der Waals surface area contributed by atoms with Gasteiger partial charge in [0.1, 0.15) is 12.4 Å².